The first-order valence-corrected chi connectivity index (χ1v) is 8.09. The maximum atomic E-state index is 13.1. The maximum Gasteiger partial charge on any atom is 0.273 e. The van der Waals surface area contributed by atoms with Gasteiger partial charge in [-0.15, -0.1) is 0 Å². The summed E-state index contributed by atoms with van der Waals surface area (Å²) >= 11 is 0. The number of carbonyl (C=O) groups excluding carboxylic acids is 1. The number of imidazole rings is 1. The Bertz CT molecular complexity index is 888. The number of aryl methyl sites for hydroxylation is 1. The van der Waals surface area contributed by atoms with Crippen LogP contribution in [0.5, 0.6) is 0 Å². The molecule has 2 aromatic heterocycles. The van der Waals surface area contributed by atoms with Crippen molar-refractivity contribution in [1.29, 1.82) is 0 Å². The van der Waals surface area contributed by atoms with Gasteiger partial charge in [0.25, 0.3) is 5.91 Å². The molecule has 1 fully saturated rings. The molecule has 24 heavy (non-hydrogen) atoms. The van der Waals surface area contributed by atoms with Gasteiger partial charge in [0.2, 0.25) is 0 Å². The molecule has 1 aliphatic heterocycles. The summed E-state index contributed by atoms with van der Waals surface area (Å²) in [6.07, 6.45) is 3.67. The third kappa shape index (κ3) is 2.55. The number of fused-ring (bicyclic) bond motifs is 1. The molecule has 3 heterocycles. The van der Waals surface area contributed by atoms with Crippen molar-refractivity contribution in [2.24, 2.45) is 7.05 Å². The molecule has 6 heteroatoms. The molecule has 1 saturated heterocycles. The molecule has 0 radical (unpaired) electrons. The van der Waals surface area contributed by atoms with E-state index in [9.17, 15) is 4.79 Å². The Kier molecular flexibility index (Phi) is 3.74. The van der Waals surface area contributed by atoms with Crippen LogP contribution in [0.1, 0.15) is 22.4 Å². The van der Waals surface area contributed by atoms with Gasteiger partial charge in [-0.25, -0.2) is 9.97 Å². The van der Waals surface area contributed by atoms with Crippen LogP contribution in [0.3, 0.4) is 0 Å². The maximum absolute atomic E-state index is 13.1. The lowest BCUT2D eigenvalue weighted by Crippen LogP contribution is -2.49. The fourth-order valence-corrected chi connectivity index (χ4v) is 3.21. The number of hydrogen-bond donors (Lipinski definition) is 1. The zero-order valence-electron chi connectivity index (χ0n) is 13.5. The van der Waals surface area contributed by atoms with Crippen LogP contribution >= 0.6 is 0 Å². The van der Waals surface area contributed by atoms with Gasteiger partial charge in [0.05, 0.1) is 5.52 Å². The molecule has 6 nitrogen and oxygen atoms in total. The molecule has 0 aliphatic carbocycles. The molecule has 1 amide bonds. The van der Waals surface area contributed by atoms with Gasteiger partial charge in [-0.2, -0.15) is 0 Å². The second-order valence-electron chi connectivity index (χ2n) is 6.00. The van der Waals surface area contributed by atoms with Crippen molar-refractivity contribution < 1.29 is 4.79 Å². The molecule has 0 bridgehead atoms. The predicted octanol–water partition coefficient (Wildman–Crippen LogP) is 1.76. The van der Waals surface area contributed by atoms with Crippen LogP contribution in [0.2, 0.25) is 0 Å². The van der Waals surface area contributed by atoms with Crippen LogP contribution in [0, 0.1) is 0 Å². The fraction of sp³-hybridized carbons (Fsp3) is 0.278. The third-order valence-electron chi connectivity index (χ3n) is 4.48. The smallest absolute Gasteiger partial charge is 0.273 e. The molecule has 1 unspecified atom stereocenters. The molecular weight excluding hydrogens is 302 g/mol. The Morgan fingerprint density at radius 3 is 2.96 bits per heavy atom. The first-order chi connectivity index (χ1) is 11.7. The van der Waals surface area contributed by atoms with Gasteiger partial charge in [0.15, 0.2) is 0 Å². The Morgan fingerprint density at radius 2 is 2.12 bits per heavy atom. The molecule has 1 aliphatic rings. The molecular formula is C18H19N5O. The lowest BCUT2D eigenvalue weighted by molar-refractivity contribution is 0.0615. The highest BCUT2D eigenvalue weighted by atomic mass is 16.2. The van der Waals surface area contributed by atoms with Crippen LogP contribution in [0.25, 0.3) is 10.9 Å². The number of piperazine rings is 1. The van der Waals surface area contributed by atoms with E-state index in [0.717, 1.165) is 23.3 Å². The largest absolute Gasteiger partial charge is 0.336 e. The van der Waals surface area contributed by atoms with Crippen LogP contribution in [-0.4, -0.2) is 45.0 Å². The molecule has 4 rings (SSSR count). The molecule has 0 saturated carbocycles. The number of benzene rings is 1. The van der Waals surface area contributed by atoms with E-state index >= 15 is 0 Å². The Morgan fingerprint density at radius 1 is 1.25 bits per heavy atom. The molecule has 1 aromatic carbocycles. The van der Waals surface area contributed by atoms with Crippen molar-refractivity contribution in [2.75, 3.05) is 19.6 Å². The summed E-state index contributed by atoms with van der Waals surface area (Å²) in [4.78, 5) is 23.9. The van der Waals surface area contributed by atoms with Gasteiger partial charge in [-0.05, 0) is 12.1 Å². The van der Waals surface area contributed by atoms with E-state index < -0.39 is 0 Å². The van der Waals surface area contributed by atoms with Crippen LogP contribution in [0.15, 0.2) is 48.8 Å². The highest BCUT2D eigenvalue weighted by Gasteiger charge is 2.31. The minimum Gasteiger partial charge on any atom is -0.336 e. The third-order valence-corrected chi connectivity index (χ3v) is 4.48. The summed E-state index contributed by atoms with van der Waals surface area (Å²) in [5, 5.41) is 4.39. The summed E-state index contributed by atoms with van der Waals surface area (Å²) in [7, 11) is 1.95. The van der Waals surface area contributed by atoms with E-state index in [1.165, 1.54) is 0 Å². The number of nitrogens with one attached hydrogen (secondary N) is 1. The van der Waals surface area contributed by atoms with Crippen LogP contribution in [-0.2, 0) is 7.05 Å². The summed E-state index contributed by atoms with van der Waals surface area (Å²) in [6.45, 7) is 2.12. The SMILES string of the molecule is Cn1ccnc1C1CNCCN1C(=O)c1ccc2ccccc2n1. The topological polar surface area (TPSA) is 63.1 Å². The molecule has 3 aromatic rings. The van der Waals surface area contributed by atoms with Gasteiger partial charge in [0.1, 0.15) is 17.6 Å². The van der Waals surface area contributed by atoms with E-state index in [-0.39, 0.29) is 11.9 Å². The minimum atomic E-state index is -0.0838. The van der Waals surface area contributed by atoms with Gasteiger partial charge in [-0.1, -0.05) is 24.3 Å². The fourth-order valence-electron chi connectivity index (χ4n) is 3.21. The predicted molar refractivity (Wildman–Crippen MR) is 91.6 cm³/mol. The van der Waals surface area contributed by atoms with E-state index in [2.05, 4.69) is 15.3 Å². The van der Waals surface area contributed by atoms with Crippen molar-refractivity contribution in [3.8, 4) is 0 Å². The quantitative estimate of drug-likeness (QED) is 0.781. The first kappa shape index (κ1) is 14.8. The summed E-state index contributed by atoms with van der Waals surface area (Å²) < 4.78 is 1.96. The normalized spacial score (nSPS) is 18.0. The second kappa shape index (κ2) is 6.05. The highest BCUT2D eigenvalue weighted by Crippen LogP contribution is 2.23. The Balaban J connectivity index is 1.69. The van der Waals surface area contributed by atoms with Crippen LogP contribution in [0.4, 0.5) is 0 Å². The lowest BCUT2D eigenvalue weighted by Gasteiger charge is -2.35. The van der Waals surface area contributed by atoms with E-state index in [0.29, 0.717) is 18.8 Å². The summed E-state index contributed by atoms with van der Waals surface area (Å²) in [6, 6.07) is 11.5. The first-order valence-electron chi connectivity index (χ1n) is 8.09. The van der Waals surface area contributed by atoms with E-state index in [1.807, 2.05) is 59.1 Å². The minimum absolute atomic E-state index is 0.0461. The van der Waals surface area contributed by atoms with Crippen molar-refractivity contribution in [1.82, 2.24) is 24.8 Å². The summed E-state index contributed by atoms with van der Waals surface area (Å²) in [5.74, 6) is 0.839. The number of pyridine rings is 1. The zero-order chi connectivity index (χ0) is 16.5. The summed E-state index contributed by atoms with van der Waals surface area (Å²) in [5.41, 5.74) is 1.32. The lowest BCUT2D eigenvalue weighted by atomic mass is 10.1. The number of amides is 1. The van der Waals surface area contributed by atoms with Crippen molar-refractivity contribution >= 4 is 16.8 Å². The molecule has 1 atom stereocenters. The molecule has 0 spiro atoms. The Hall–Kier alpha value is -2.73. The van der Waals surface area contributed by atoms with Crippen LogP contribution < -0.4 is 5.32 Å². The van der Waals surface area contributed by atoms with Gasteiger partial charge in [-0.3, -0.25) is 4.79 Å². The monoisotopic (exact) mass is 321 g/mol. The highest BCUT2D eigenvalue weighted by molar-refractivity contribution is 5.95. The van der Waals surface area contributed by atoms with Gasteiger partial charge >= 0.3 is 0 Å². The number of nitrogens with zero attached hydrogens (tertiary/aromatic N) is 4. The second-order valence-corrected chi connectivity index (χ2v) is 6.00. The van der Waals surface area contributed by atoms with Crippen molar-refractivity contribution in [3.05, 3.63) is 60.3 Å². The van der Waals surface area contributed by atoms with E-state index in [1.54, 1.807) is 6.20 Å². The van der Waals surface area contributed by atoms with E-state index in [4.69, 9.17) is 0 Å². The van der Waals surface area contributed by atoms with Gasteiger partial charge in [0, 0.05) is 44.5 Å². The molecule has 1 N–H and O–H groups in total. The standard InChI is InChI=1S/C18H19N5O/c1-22-10-9-20-17(22)16-12-19-8-11-23(16)18(24)15-7-6-13-4-2-3-5-14(13)21-15/h2-7,9-10,16,19H,8,11-12H2,1H3. The van der Waals surface area contributed by atoms with Gasteiger partial charge < -0.3 is 14.8 Å². The number of carbonyl (C=O) groups is 1. The average molecular weight is 321 g/mol. The average Bonchev–Trinajstić information content (AvgIpc) is 3.06. The number of aromatic nitrogens is 3. The number of para-hydroxylation sites is 1. The van der Waals surface area contributed by atoms with Crippen molar-refractivity contribution in [3.63, 3.8) is 0 Å². The number of rotatable bonds is 2. The Labute approximate surface area is 140 Å². The number of hydrogen-bond acceptors (Lipinski definition) is 4. The zero-order valence-corrected chi connectivity index (χ0v) is 13.5. The van der Waals surface area contributed by atoms with Crippen molar-refractivity contribution in [2.45, 2.75) is 6.04 Å². The molecule has 122 valence electrons.